The SMILES string of the molecule is Cc1ccc(NC(=O)CO/N=C/c2ccc(OCc3ccccc3)c(Cl)c2)cc1. The Morgan fingerprint density at radius 3 is 2.55 bits per heavy atom. The van der Waals surface area contributed by atoms with Gasteiger partial charge in [0.2, 0.25) is 0 Å². The summed E-state index contributed by atoms with van der Waals surface area (Å²) in [4.78, 5) is 16.9. The number of rotatable bonds is 8. The number of nitrogens with zero attached hydrogens (tertiary/aromatic N) is 1. The van der Waals surface area contributed by atoms with E-state index in [1.807, 2.05) is 67.6 Å². The van der Waals surface area contributed by atoms with E-state index in [4.69, 9.17) is 21.2 Å². The topological polar surface area (TPSA) is 59.9 Å². The molecule has 0 aliphatic carbocycles. The van der Waals surface area contributed by atoms with Gasteiger partial charge in [-0.2, -0.15) is 0 Å². The van der Waals surface area contributed by atoms with E-state index in [0.717, 1.165) is 16.7 Å². The fourth-order valence-corrected chi connectivity index (χ4v) is 2.72. The molecule has 0 fully saturated rings. The minimum Gasteiger partial charge on any atom is -0.487 e. The number of amides is 1. The molecule has 0 aliphatic rings. The lowest BCUT2D eigenvalue weighted by molar-refractivity contribution is -0.120. The molecule has 0 radical (unpaired) electrons. The molecule has 0 heterocycles. The molecule has 3 aromatic carbocycles. The highest BCUT2D eigenvalue weighted by Crippen LogP contribution is 2.25. The lowest BCUT2D eigenvalue weighted by Gasteiger charge is -2.08. The molecule has 0 saturated heterocycles. The number of carbonyl (C=O) groups is 1. The van der Waals surface area contributed by atoms with Crippen molar-refractivity contribution in [1.29, 1.82) is 0 Å². The van der Waals surface area contributed by atoms with E-state index in [1.165, 1.54) is 6.21 Å². The summed E-state index contributed by atoms with van der Waals surface area (Å²) >= 11 is 6.27. The zero-order chi connectivity index (χ0) is 20.5. The fraction of sp³-hybridized carbons (Fsp3) is 0.130. The Morgan fingerprint density at radius 2 is 1.83 bits per heavy atom. The van der Waals surface area contributed by atoms with Gasteiger partial charge in [-0.15, -0.1) is 0 Å². The number of halogens is 1. The molecular weight excluding hydrogens is 388 g/mol. The van der Waals surface area contributed by atoms with Crippen molar-refractivity contribution in [3.8, 4) is 5.75 Å². The zero-order valence-electron chi connectivity index (χ0n) is 16.0. The number of carbonyl (C=O) groups excluding carboxylic acids is 1. The Kier molecular flexibility index (Phi) is 7.25. The van der Waals surface area contributed by atoms with Gasteiger partial charge in [0, 0.05) is 5.69 Å². The van der Waals surface area contributed by atoms with Crippen molar-refractivity contribution in [3.63, 3.8) is 0 Å². The van der Waals surface area contributed by atoms with Crippen LogP contribution in [-0.4, -0.2) is 18.7 Å². The predicted molar refractivity (Wildman–Crippen MR) is 116 cm³/mol. The quantitative estimate of drug-likeness (QED) is 0.410. The van der Waals surface area contributed by atoms with Crippen molar-refractivity contribution in [2.45, 2.75) is 13.5 Å². The summed E-state index contributed by atoms with van der Waals surface area (Å²) in [6, 6.07) is 22.7. The smallest absolute Gasteiger partial charge is 0.265 e. The third-order valence-corrected chi connectivity index (χ3v) is 4.30. The monoisotopic (exact) mass is 408 g/mol. The molecule has 5 nitrogen and oxygen atoms in total. The number of hydrogen-bond donors (Lipinski definition) is 1. The van der Waals surface area contributed by atoms with Gasteiger partial charge in [0.05, 0.1) is 11.2 Å². The summed E-state index contributed by atoms with van der Waals surface area (Å²) in [5, 5.41) is 7.03. The minimum absolute atomic E-state index is 0.184. The Bertz CT molecular complexity index is 973. The maximum Gasteiger partial charge on any atom is 0.265 e. The highest BCUT2D eigenvalue weighted by molar-refractivity contribution is 6.32. The molecular formula is C23H21ClN2O3. The van der Waals surface area contributed by atoms with Crippen molar-refractivity contribution in [3.05, 3.63) is 94.5 Å². The average molecular weight is 409 g/mol. The van der Waals surface area contributed by atoms with Gasteiger partial charge in [-0.3, -0.25) is 4.79 Å². The van der Waals surface area contributed by atoms with Gasteiger partial charge in [-0.25, -0.2) is 0 Å². The Labute approximate surface area is 174 Å². The predicted octanol–water partition coefficient (Wildman–Crippen LogP) is 5.22. The van der Waals surface area contributed by atoms with E-state index < -0.39 is 0 Å². The van der Waals surface area contributed by atoms with Crippen LogP contribution in [0.1, 0.15) is 16.7 Å². The second-order valence-electron chi connectivity index (χ2n) is 6.39. The second kappa shape index (κ2) is 10.3. The van der Waals surface area contributed by atoms with Crippen molar-refractivity contribution in [2.75, 3.05) is 11.9 Å². The molecule has 0 bridgehead atoms. The Morgan fingerprint density at radius 1 is 1.07 bits per heavy atom. The normalized spacial score (nSPS) is 10.7. The lowest BCUT2D eigenvalue weighted by Crippen LogP contribution is -2.16. The summed E-state index contributed by atoms with van der Waals surface area (Å²) in [7, 11) is 0. The number of hydrogen-bond acceptors (Lipinski definition) is 4. The summed E-state index contributed by atoms with van der Waals surface area (Å²) in [6.45, 7) is 2.24. The molecule has 0 spiro atoms. The van der Waals surface area contributed by atoms with Crippen molar-refractivity contribution in [1.82, 2.24) is 0 Å². The van der Waals surface area contributed by atoms with E-state index in [0.29, 0.717) is 23.1 Å². The van der Waals surface area contributed by atoms with E-state index in [1.54, 1.807) is 12.1 Å². The molecule has 0 unspecified atom stereocenters. The van der Waals surface area contributed by atoms with Gasteiger partial charge in [0.1, 0.15) is 12.4 Å². The van der Waals surface area contributed by atoms with Crippen LogP contribution < -0.4 is 10.1 Å². The van der Waals surface area contributed by atoms with Crippen LogP contribution in [0.4, 0.5) is 5.69 Å². The maximum atomic E-state index is 11.8. The summed E-state index contributed by atoms with van der Waals surface area (Å²) in [5.41, 5.74) is 3.64. The van der Waals surface area contributed by atoms with Gasteiger partial charge in [-0.1, -0.05) is 64.8 Å². The first-order valence-electron chi connectivity index (χ1n) is 9.08. The molecule has 3 rings (SSSR count). The van der Waals surface area contributed by atoms with Crippen LogP contribution in [0.5, 0.6) is 5.75 Å². The van der Waals surface area contributed by atoms with Gasteiger partial charge >= 0.3 is 0 Å². The van der Waals surface area contributed by atoms with Crippen molar-refractivity contribution < 1.29 is 14.4 Å². The number of anilines is 1. The summed E-state index contributed by atoms with van der Waals surface area (Å²) < 4.78 is 5.74. The van der Waals surface area contributed by atoms with Crippen LogP contribution >= 0.6 is 11.6 Å². The number of ether oxygens (including phenoxy) is 1. The highest BCUT2D eigenvalue weighted by Gasteiger charge is 2.04. The van der Waals surface area contributed by atoms with Crippen LogP contribution in [0, 0.1) is 6.92 Å². The van der Waals surface area contributed by atoms with Crippen LogP contribution in [0.15, 0.2) is 78.0 Å². The molecule has 6 heteroatoms. The van der Waals surface area contributed by atoms with Crippen LogP contribution in [0.2, 0.25) is 5.02 Å². The maximum absolute atomic E-state index is 11.8. The number of oxime groups is 1. The van der Waals surface area contributed by atoms with Gasteiger partial charge in [-0.05, 0) is 48.4 Å². The average Bonchev–Trinajstić information content (AvgIpc) is 2.73. The Balaban J connectivity index is 1.46. The first-order chi connectivity index (χ1) is 14.1. The van der Waals surface area contributed by atoms with Gasteiger partial charge in [0.25, 0.3) is 5.91 Å². The highest BCUT2D eigenvalue weighted by atomic mass is 35.5. The number of nitrogens with one attached hydrogen (secondary N) is 1. The molecule has 0 atom stereocenters. The lowest BCUT2D eigenvalue weighted by atomic mass is 10.2. The van der Waals surface area contributed by atoms with Crippen LogP contribution in [0.25, 0.3) is 0 Å². The van der Waals surface area contributed by atoms with Crippen molar-refractivity contribution >= 4 is 29.4 Å². The summed E-state index contributed by atoms with van der Waals surface area (Å²) in [5.74, 6) is 0.305. The molecule has 0 saturated carbocycles. The molecule has 0 aliphatic heterocycles. The fourth-order valence-electron chi connectivity index (χ4n) is 2.48. The van der Waals surface area contributed by atoms with Gasteiger partial charge in [0.15, 0.2) is 6.61 Å². The standard InChI is InChI=1S/C23H21ClN2O3/c1-17-7-10-20(11-8-17)26-23(27)16-29-25-14-19-9-12-22(21(24)13-19)28-15-18-5-3-2-4-6-18/h2-14H,15-16H2,1H3,(H,26,27)/b25-14+. The van der Waals surface area contributed by atoms with Crippen molar-refractivity contribution in [2.24, 2.45) is 5.16 Å². The van der Waals surface area contributed by atoms with E-state index in [2.05, 4.69) is 10.5 Å². The van der Waals surface area contributed by atoms with Crippen LogP contribution in [-0.2, 0) is 16.2 Å². The molecule has 148 valence electrons. The van der Waals surface area contributed by atoms with E-state index in [9.17, 15) is 4.79 Å². The van der Waals surface area contributed by atoms with Gasteiger partial charge < -0.3 is 14.9 Å². The molecule has 1 N–H and O–H groups in total. The molecule has 29 heavy (non-hydrogen) atoms. The number of aryl methyl sites for hydroxylation is 1. The first-order valence-corrected chi connectivity index (χ1v) is 9.46. The second-order valence-corrected chi connectivity index (χ2v) is 6.79. The largest absolute Gasteiger partial charge is 0.487 e. The Hall–Kier alpha value is -3.31. The number of benzene rings is 3. The zero-order valence-corrected chi connectivity index (χ0v) is 16.7. The summed E-state index contributed by atoms with van der Waals surface area (Å²) in [6.07, 6.45) is 1.49. The molecule has 1 amide bonds. The third kappa shape index (κ3) is 6.66. The third-order valence-electron chi connectivity index (χ3n) is 4.00. The molecule has 3 aromatic rings. The minimum atomic E-state index is -0.284. The molecule has 0 aromatic heterocycles. The van der Waals surface area contributed by atoms with E-state index >= 15 is 0 Å². The first kappa shape index (κ1) is 20.4. The van der Waals surface area contributed by atoms with Crippen LogP contribution in [0.3, 0.4) is 0 Å². The van der Waals surface area contributed by atoms with E-state index in [-0.39, 0.29) is 12.5 Å².